The smallest absolute Gasteiger partial charge is 0.237 e. The van der Waals surface area contributed by atoms with Crippen molar-refractivity contribution < 1.29 is 14.0 Å². The van der Waals surface area contributed by atoms with Gasteiger partial charge in [0.05, 0.1) is 5.75 Å². The molecule has 0 fully saturated rings. The predicted molar refractivity (Wildman–Crippen MR) is 77.5 cm³/mol. The summed E-state index contributed by atoms with van der Waals surface area (Å²) in [5.74, 6) is 3.01. The molecule has 8 heteroatoms. The summed E-state index contributed by atoms with van der Waals surface area (Å²) in [4.78, 5) is 4.38. The second kappa shape index (κ2) is 5.64. The van der Waals surface area contributed by atoms with Crippen LogP contribution in [0.2, 0.25) is 0 Å². The van der Waals surface area contributed by atoms with E-state index in [1.807, 2.05) is 30.3 Å². The van der Waals surface area contributed by atoms with Crippen molar-refractivity contribution in [3.05, 3.63) is 42.4 Å². The Morgan fingerprint density at radius 1 is 1.14 bits per heavy atom. The highest BCUT2D eigenvalue weighted by Crippen LogP contribution is 2.35. The third kappa shape index (κ3) is 2.60. The molecule has 0 saturated carbocycles. The molecule has 22 heavy (non-hydrogen) atoms. The Labute approximate surface area is 129 Å². The first-order valence-corrected chi connectivity index (χ1v) is 7.50. The van der Waals surface area contributed by atoms with Crippen molar-refractivity contribution in [2.45, 2.75) is 10.8 Å². The monoisotopic (exact) mass is 314 g/mol. The van der Waals surface area contributed by atoms with Gasteiger partial charge in [-0.1, -0.05) is 16.9 Å². The minimum Gasteiger partial charge on any atom is -0.454 e. The van der Waals surface area contributed by atoms with E-state index in [1.165, 1.54) is 11.8 Å². The molecule has 1 aliphatic rings. The van der Waals surface area contributed by atoms with E-state index in [1.54, 1.807) is 6.20 Å². The Kier molecular flexibility index (Phi) is 3.36. The fourth-order valence-electron chi connectivity index (χ4n) is 1.97. The lowest BCUT2D eigenvalue weighted by Crippen LogP contribution is -1.92. The van der Waals surface area contributed by atoms with Crippen LogP contribution in [0.15, 0.2) is 46.1 Å². The van der Waals surface area contributed by atoms with Gasteiger partial charge in [-0.15, -0.1) is 5.10 Å². The molecule has 1 aliphatic heterocycles. The summed E-state index contributed by atoms with van der Waals surface area (Å²) in [6, 6.07) is 9.26. The molecule has 0 unspecified atom stereocenters. The molecule has 2 aromatic heterocycles. The molecule has 0 bridgehead atoms. The molecule has 3 aromatic rings. The lowest BCUT2D eigenvalue weighted by atomic mass is 10.2. The molecule has 0 saturated heterocycles. The van der Waals surface area contributed by atoms with Gasteiger partial charge in [-0.3, -0.25) is 0 Å². The number of hydrogen-bond donors (Lipinski definition) is 0. The second-order valence-corrected chi connectivity index (χ2v) is 5.43. The van der Waals surface area contributed by atoms with Crippen LogP contribution in [-0.2, 0) is 5.75 Å². The van der Waals surface area contributed by atoms with Crippen molar-refractivity contribution in [3.63, 3.8) is 0 Å². The molecule has 0 radical (unpaired) electrons. The molecular weight excluding hydrogens is 304 g/mol. The zero-order valence-corrected chi connectivity index (χ0v) is 12.1. The van der Waals surface area contributed by atoms with Crippen molar-refractivity contribution in [2.24, 2.45) is 0 Å². The van der Waals surface area contributed by atoms with Crippen LogP contribution < -0.4 is 9.47 Å². The van der Waals surface area contributed by atoms with Crippen LogP contribution in [0, 0.1) is 0 Å². The van der Waals surface area contributed by atoms with Gasteiger partial charge in [0.25, 0.3) is 0 Å². The molecule has 1 aromatic carbocycles. The summed E-state index contributed by atoms with van der Waals surface area (Å²) < 4.78 is 15.9. The lowest BCUT2D eigenvalue weighted by molar-refractivity contribution is 0.174. The van der Waals surface area contributed by atoms with E-state index in [0.717, 1.165) is 16.3 Å². The van der Waals surface area contributed by atoms with Crippen LogP contribution in [0.25, 0.3) is 11.4 Å². The topological polar surface area (TPSA) is 83.2 Å². The molecule has 110 valence electrons. The van der Waals surface area contributed by atoms with Gasteiger partial charge in [0.1, 0.15) is 5.03 Å². The SMILES string of the molecule is c1cnnc(SCc2nc(-c3ccc4c(c3)OCO4)no2)c1. The van der Waals surface area contributed by atoms with Gasteiger partial charge in [0, 0.05) is 11.8 Å². The van der Waals surface area contributed by atoms with Crippen molar-refractivity contribution >= 4 is 11.8 Å². The highest BCUT2D eigenvalue weighted by molar-refractivity contribution is 7.98. The van der Waals surface area contributed by atoms with Crippen molar-refractivity contribution in [3.8, 4) is 22.9 Å². The summed E-state index contributed by atoms with van der Waals surface area (Å²) in [5, 5.41) is 12.6. The Balaban J connectivity index is 1.49. The van der Waals surface area contributed by atoms with Crippen molar-refractivity contribution in [2.75, 3.05) is 6.79 Å². The van der Waals surface area contributed by atoms with E-state index >= 15 is 0 Å². The Hall–Kier alpha value is -2.61. The Morgan fingerprint density at radius 2 is 2.09 bits per heavy atom. The Morgan fingerprint density at radius 3 is 3.00 bits per heavy atom. The van der Waals surface area contributed by atoms with Crippen LogP contribution in [0.1, 0.15) is 5.89 Å². The molecule has 0 atom stereocenters. The van der Waals surface area contributed by atoms with Gasteiger partial charge < -0.3 is 14.0 Å². The van der Waals surface area contributed by atoms with Gasteiger partial charge in [-0.2, -0.15) is 10.1 Å². The highest BCUT2D eigenvalue weighted by Gasteiger charge is 2.16. The minimum absolute atomic E-state index is 0.241. The lowest BCUT2D eigenvalue weighted by Gasteiger charge is -1.97. The normalized spacial score (nSPS) is 12.5. The zero-order chi connectivity index (χ0) is 14.8. The molecule has 0 spiro atoms. The Bertz CT molecular complexity index is 794. The number of rotatable bonds is 4. The average molecular weight is 314 g/mol. The quantitative estimate of drug-likeness (QED) is 0.679. The van der Waals surface area contributed by atoms with Gasteiger partial charge >= 0.3 is 0 Å². The predicted octanol–water partition coefficient (Wildman–Crippen LogP) is 2.55. The second-order valence-electron chi connectivity index (χ2n) is 4.43. The van der Waals surface area contributed by atoms with Crippen LogP contribution in [0.5, 0.6) is 11.5 Å². The summed E-state index contributed by atoms with van der Waals surface area (Å²) in [5.41, 5.74) is 0.823. The van der Waals surface area contributed by atoms with Crippen molar-refractivity contribution in [1.82, 2.24) is 20.3 Å². The average Bonchev–Trinajstić information content (AvgIpc) is 3.22. The summed E-state index contributed by atoms with van der Waals surface area (Å²) in [6.45, 7) is 0.241. The number of aromatic nitrogens is 4. The highest BCUT2D eigenvalue weighted by atomic mass is 32.2. The third-order valence-corrected chi connectivity index (χ3v) is 3.90. The third-order valence-electron chi connectivity index (χ3n) is 2.99. The number of benzene rings is 1. The van der Waals surface area contributed by atoms with Crippen LogP contribution in [0.3, 0.4) is 0 Å². The van der Waals surface area contributed by atoms with Gasteiger partial charge in [-0.05, 0) is 30.3 Å². The molecule has 0 N–H and O–H groups in total. The van der Waals surface area contributed by atoms with E-state index in [4.69, 9.17) is 14.0 Å². The summed E-state index contributed by atoms with van der Waals surface area (Å²) >= 11 is 1.49. The molecule has 0 amide bonds. The van der Waals surface area contributed by atoms with Gasteiger partial charge in [0.15, 0.2) is 11.5 Å². The van der Waals surface area contributed by atoms with Gasteiger partial charge in [-0.25, -0.2) is 0 Å². The zero-order valence-electron chi connectivity index (χ0n) is 11.3. The molecular formula is C14H10N4O3S. The number of thioether (sulfide) groups is 1. The summed E-state index contributed by atoms with van der Waals surface area (Å²) in [6.07, 6.45) is 1.63. The first-order valence-electron chi connectivity index (χ1n) is 6.51. The van der Waals surface area contributed by atoms with E-state index < -0.39 is 0 Å². The maximum absolute atomic E-state index is 5.35. The molecule has 0 aliphatic carbocycles. The molecule has 7 nitrogen and oxygen atoms in total. The van der Waals surface area contributed by atoms with E-state index in [9.17, 15) is 0 Å². The number of nitrogens with zero attached hydrogens (tertiary/aromatic N) is 4. The van der Waals surface area contributed by atoms with E-state index in [-0.39, 0.29) is 6.79 Å². The number of fused-ring (bicyclic) bond motifs is 1. The van der Waals surface area contributed by atoms with Crippen LogP contribution in [-0.4, -0.2) is 27.1 Å². The summed E-state index contributed by atoms with van der Waals surface area (Å²) in [7, 11) is 0. The standard InChI is InChI=1S/C14H10N4O3S/c1-2-13(17-15-5-1)22-7-12-16-14(18-21-12)9-3-4-10-11(6-9)20-8-19-10/h1-6H,7-8H2. The van der Waals surface area contributed by atoms with Crippen LogP contribution in [0.4, 0.5) is 0 Å². The van der Waals surface area contributed by atoms with Crippen LogP contribution >= 0.6 is 11.8 Å². The van der Waals surface area contributed by atoms with E-state index in [0.29, 0.717) is 23.2 Å². The maximum Gasteiger partial charge on any atom is 0.237 e. The first-order chi connectivity index (χ1) is 10.9. The van der Waals surface area contributed by atoms with Crippen molar-refractivity contribution in [1.29, 1.82) is 0 Å². The number of ether oxygens (including phenoxy) is 2. The van der Waals surface area contributed by atoms with Gasteiger partial charge in [0.2, 0.25) is 18.5 Å². The fraction of sp³-hybridized carbons (Fsp3) is 0.143. The van der Waals surface area contributed by atoms with E-state index in [2.05, 4.69) is 20.3 Å². The largest absolute Gasteiger partial charge is 0.454 e. The fourth-order valence-corrected chi connectivity index (χ4v) is 2.63. The maximum atomic E-state index is 5.35. The minimum atomic E-state index is 0.241. The molecule has 4 rings (SSSR count). The molecule has 3 heterocycles. The number of hydrogen-bond acceptors (Lipinski definition) is 8. The first kappa shape index (κ1) is 13.1.